The number of amides is 1. The molecule has 0 radical (unpaired) electrons. The fourth-order valence-corrected chi connectivity index (χ4v) is 3.25. The summed E-state index contributed by atoms with van der Waals surface area (Å²) in [6.45, 7) is 0.849. The van der Waals surface area contributed by atoms with Gasteiger partial charge in [0.2, 0.25) is 0 Å². The van der Waals surface area contributed by atoms with Crippen LogP contribution in [-0.2, 0) is 4.74 Å². The fraction of sp³-hybridized carbons (Fsp3) is 0.208. The zero-order valence-corrected chi connectivity index (χ0v) is 18.4. The maximum Gasteiger partial charge on any atom is 0.367 e. The summed E-state index contributed by atoms with van der Waals surface area (Å²) in [5.41, 5.74) is 2.65. The van der Waals surface area contributed by atoms with Crippen molar-refractivity contribution < 1.29 is 19.0 Å². The van der Waals surface area contributed by atoms with Crippen LogP contribution in [0.25, 0.3) is 0 Å². The van der Waals surface area contributed by atoms with Crippen LogP contribution in [0.2, 0.25) is 0 Å². The fourth-order valence-electron chi connectivity index (χ4n) is 3.25. The van der Waals surface area contributed by atoms with Gasteiger partial charge in [0.05, 0.1) is 12.3 Å². The van der Waals surface area contributed by atoms with Gasteiger partial charge in [-0.2, -0.15) is 0 Å². The Morgan fingerprint density at radius 1 is 1.09 bits per heavy atom. The first kappa shape index (κ1) is 22.1. The summed E-state index contributed by atoms with van der Waals surface area (Å²) in [7, 11) is 3.17. The quantitative estimate of drug-likeness (QED) is 0.342. The van der Waals surface area contributed by atoms with E-state index in [0.29, 0.717) is 30.4 Å². The van der Waals surface area contributed by atoms with Crippen LogP contribution in [0.3, 0.4) is 0 Å². The Hall–Kier alpha value is -4.11. The van der Waals surface area contributed by atoms with Crippen LogP contribution in [0.1, 0.15) is 16.1 Å². The number of fused-ring (bicyclic) bond motifs is 1. The number of aliphatic imine (C=N–C) groups is 1. The van der Waals surface area contributed by atoms with Crippen LogP contribution in [0.5, 0.6) is 11.5 Å². The molecule has 1 unspecified atom stereocenters. The van der Waals surface area contributed by atoms with Crippen molar-refractivity contribution in [2.45, 2.75) is 5.97 Å². The molecule has 0 fully saturated rings. The summed E-state index contributed by atoms with van der Waals surface area (Å²) in [5.74, 6) is -0.701. The second kappa shape index (κ2) is 10.0. The molecule has 0 aliphatic carbocycles. The summed E-state index contributed by atoms with van der Waals surface area (Å²) in [5, 5.41) is 9.22. The number of para-hydroxylation sites is 3. The van der Waals surface area contributed by atoms with Crippen molar-refractivity contribution in [2.24, 2.45) is 4.99 Å². The lowest BCUT2D eigenvalue weighted by Gasteiger charge is -2.36. The number of hydrogen-bond donors (Lipinski definition) is 3. The van der Waals surface area contributed by atoms with Crippen molar-refractivity contribution in [1.82, 2.24) is 10.3 Å². The smallest absolute Gasteiger partial charge is 0.367 e. The number of benzene rings is 2. The van der Waals surface area contributed by atoms with E-state index < -0.39 is 5.97 Å². The summed E-state index contributed by atoms with van der Waals surface area (Å²) in [6, 6.07) is 18.4. The molecule has 0 saturated heterocycles. The number of aromatic nitrogens is 1. The normalized spacial score (nSPS) is 16.3. The summed E-state index contributed by atoms with van der Waals surface area (Å²) >= 11 is 0. The SMILES string of the molecule is CNC(=O)c1cc(OC2(Nc3ccccc3OCCOC)N=Cc3ccccc3N2)ccn1. The van der Waals surface area contributed by atoms with Crippen LogP contribution in [0.15, 0.2) is 71.9 Å². The third-order valence-electron chi connectivity index (χ3n) is 4.84. The molecule has 3 aromatic rings. The van der Waals surface area contributed by atoms with Gasteiger partial charge in [0.15, 0.2) is 0 Å². The first-order chi connectivity index (χ1) is 16.1. The van der Waals surface area contributed by atoms with E-state index in [9.17, 15) is 4.79 Å². The van der Waals surface area contributed by atoms with Gasteiger partial charge in [0, 0.05) is 43.9 Å². The third kappa shape index (κ3) is 5.21. The number of pyridine rings is 1. The molecule has 2 heterocycles. The minimum Gasteiger partial charge on any atom is -0.489 e. The lowest BCUT2D eigenvalue weighted by atomic mass is 10.1. The van der Waals surface area contributed by atoms with Gasteiger partial charge < -0.3 is 30.2 Å². The molecule has 0 spiro atoms. The van der Waals surface area contributed by atoms with Crippen LogP contribution < -0.4 is 25.4 Å². The molecule has 2 aromatic carbocycles. The summed E-state index contributed by atoms with van der Waals surface area (Å²) < 4.78 is 17.2. The highest BCUT2D eigenvalue weighted by Gasteiger charge is 2.36. The van der Waals surface area contributed by atoms with E-state index in [0.717, 1.165) is 11.3 Å². The summed E-state index contributed by atoms with van der Waals surface area (Å²) in [6.07, 6.45) is 3.24. The zero-order chi connectivity index (χ0) is 23.1. The Labute approximate surface area is 191 Å². The van der Waals surface area contributed by atoms with E-state index >= 15 is 0 Å². The van der Waals surface area contributed by atoms with Crippen LogP contribution >= 0.6 is 0 Å². The Morgan fingerprint density at radius 2 is 1.91 bits per heavy atom. The number of nitrogens with zero attached hydrogens (tertiary/aromatic N) is 2. The molecule has 1 amide bonds. The van der Waals surface area contributed by atoms with Gasteiger partial charge in [-0.3, -0.25) is 9.78 Å². The maximum absolute atomic E-state index is 12.0. The highest BCUT2D eigenvalue weighted by atomic mass is 16.5. The van der Waals surface area contributed by atoms with E-state index in [1.165, 1.54) is 6.20 Å². The number of hydrogen-bond acceptors (Lipinski definition) is 8. The van der Waals surface area contributed by atoms with Crippen molar-refractivity contribution in [3.8, 4) is 11.5 Å². The second-order valence-electron chi connectivity index (χ2n) is 7.13. The number of methoxy groups -OCH3 is 1. The van der Waals surface area contributed by atoms with Gasteiger partial charge in [0.25, 0.3) is 5.91 Å². The van der Waals surface area contributed by atoms with E-state index in [4.69, 9.17) is 14.2 Å². The zero-order valence-electron chi connectivity index (χ0n) is 18.4. The van der Waals surface area contributed by atoms with Crippen LogP contribution in [-0.4, -0.2) is 50.4 Å². The maximum atomic E-state index is 12.0. The van der Waals surface area contributed by atoms with E-state index in [1.54, 1.807) is 32.5 Å². The van der Waals surface area contributed by atoms with Crippen molar-refractivity contribution in [3.05, 3.63) is 78.1 Å². The minimum atomic E-state index is -1.41. The Bertz CT molecular complexity index is 1150. The average molecular weight is 447 g/mol. The van der Waals surface area contributed by atoms with Crippen molar-refractivity contribution >= 4 is 23.5 Å². The van der Waals surface area contributed by atoms with Gasteiger partial charge in [-0.15, -0.1) is 0 Å². The summed E-state index contributed by atoms with van der Waals surface area (Å²) in [4.78, 5) is 20.8. The first-order valence-corrected chi connectivity index (χ1v) is 10.4. The third-order valence-corrected chi connectivity index (χ3v) is 4.84. The van der Waals surface area contributed by atoms with E-state index in [1.807, 2.05) is 48.5 Å². The molecule has 1 aliphatic rings. The number of carbonyl (C=O) groups is 1. The van der Waals surface area contributed by atoms with Gasteiger partial charge in [0.1, 0.15) is 23.8 Å². The molecule has 33 heavy (non-hydrogen) atoms. The van der Waals surface area contributed by atoms with Crippen LogP contribution in [0.4, 0.5) is 11.4 Å². The number of nitrogens with one attached hydrogen (secondary N) is 3. The Kier molecular flexibility index (Phi) is 6.70. The monoisotopic (exact) mass is 447 g/mol. The number of carbonyl (C=O) groups excluding carboxylic acids is 1. The molecule has 0 saturated carbocycles. The first-order valence-electron chi connectivity index (χ1n) is 10.4. The minimum absolute atomic E-state index is 0.230. The Balaban J connectivity index is 1.68. The molecule has 1 aromatic heterocycles. The standard InChI is InChI=1S/C24H25N5O4/c1-25-23(30)21-15-18(11-12-26-21)33-24(27-16-17-7-3-4-8-19(17)28-24)29-20-9-5-6-10-22(20)32-14-13-31-2/h3-12,15-16,28-29H,13-14H2,1-2H3,(H,25,30). The highest BCUT2D eigenvalue weighted by molar-refractivity contribution is 5.92. The van der Waals surface area contributed by atoms with E-state index in [2.05, 4.69) is 25.9 Å². The molecule has 4 rings (SSSR count). The van der Waals surface area contributed by atoms with Crippen molar-refractivity contribution in [3.63, 3.8) is 0 Å². The lowest BCUT2D eigenvalue weighted by Crippen LogP contribution is -2.51. The van der Waals surface area contributed by atoms with Crippen molar-refractivity contribution in [1.29, 1.82) is 0 Å². The molecular formula is C24H25N5O4. The predicted molar refractivity (Wildman–Crippen MR) is 126 cm³/mol. The molecular weight excluding hydrogens is 422 g/mol. The lowest BCUT2D eigenvalue weighted by molar-refractivity contribution is 0.0955. The van der Waals surface area contributed by atoms with Crippen molar-refractivity contribution in [2.75, 3.05) is 38.0 Å². The van der Waals surface area contributed by atoms with Crippen LogP contribution in [0, 0.1) is 0 Å². The number of ether oxygens (including phenoxy) is 3. The highest BCUT2D eigenvalue weighted by Crippen LogP contribution is 2.33. The van der Waals surface area contributed by atoms with Gasteiger partial charge in [-0.25, -0.2) is 4.99 Å². The molecule has 9 heteroatoms. The molecule has 0 bridgehead atoms. The molecule has 170 valence electrons. The van der Waals surface area contributed by atoms with Gasteiger partial charge in [-0.05, 0) is 24.3 Å². The molecule has 1 atom stereocenters. The van der Waals surface area contributed by atoms with Gasteiger partial charge >= 0.3 is 5.97 Å². The Morgan fingerprint density at radius 3 is 2.76 bits per heavy atom. The van der Waals surface area contributed by atoms with Gasteiger partial charge in [-0.1, -0.05) is 30.3 Å². The topological polar surface area (TPSA) is 106 Å². The molecule has 9 nitrogen and oxygen atoms in total. The predicted octanol–water partition coefficient (Wildman–Crippen LogP) is 3.11. The second-order valence-corrected chi connectivity index (χ2v) is 7.13. The average Bonchev–Trinajstić information content (AvgIpc) is 2.85. The largest absolute Gasteiger partial charge is 0.489 e. The molecule has 1 aliphatic heterocycles. The van der Waals surface area contributed by atoms with E-state index in [-0.39, 0.29) is 11.6 Å². The molecule has 3 N–H and O–H groups in total. The number of anilines is 2. The number of rotatable bonds is 9.